The third-order valence-electron chi connectivity index (χ3n) is 7.64. The molecule has 41 heavy (non-hydrogen) atoms. The highest BCUT2D eigenvalue weighted by molar-refractivity contribution is 5.68. The van der Waals surface area contributed by atoms with Gasteiger partial charge in [0, 0.05) is 36.4 Å². The van der Waals surface area contributed by atoms with Gasteiger partial charge in [0.2, 0.25) is 0 Å². The van der Waals surface area contributed by atoms with Crippen LogP contribution in [-0.4, -0.2) is 62.6 Å². The topological polar surface area (TPSA) is 45.2 Å². The number of benzene rings is 3. The number of β-amino-alcohol motifs (C(OH)–C–C–N with tert-alkyl or cyclic N) is 1. The van der Waals surface area contributed by atoms with Crippen molar-refractivity contribution < 1.29 is 40.9 Å². The van der Waals surface area contributed by atoms with E-state index in [2.05, 4.69) is 9.64 Å². The van der Waals surface area contributed by atoms with Crippen molar-refractivity contribution in [1.29, 1.82) is 0 Å². The van der Waals surface area contributed by atoms with Gasteiger partial charge < -0.3 is 24.4 Å². The Morgan fingerprint density at radius 3 is 2.49 bits per heavy atom. The second-order valence-corrected chi connectivity index (χ2v) is 10.6. The predicted molar refractivity (Wildman–Crippen MR) is 142 cm³/mol. The highest BCUT2D eigenvalue weighted by atomic mass is 19.4. The van der Waals surface area contributed by atoms with Crippen LogP contribution in [0.3, 0.4) is 0 Å². The van der Waals surface area contributed by atoms with E-state index in [1.165, 1.54) is 23.1 Å². The van der Waals surface area contributed by atoms with Gasteiger partial charge in [-0.25, -0.2) is 0 Å². The third kappa shape index (κ3) is 6.41. The molecule has 0 radical (unpaired) electrons. The van der Waals surface area contributed by atoms with Crippen LogP contribution in [0.4, 0.5) is 37.7 Å². The van der Waals surface area contributed by atoms with E-state index in [1.54, 1.807) is 24.3 Å². The molecule has 0 amide bonds. The predicted octanol–water partition coefficient (Wildman–Crippen LogP) is 6.08. The summed E-state index contributed by atoms with van der Waals surface area (Å²) in [7, 11) is 0. The molecule has 5 rings (SSSR count). The quantitative estimate of drug-likeness (QED) is 0.343. The summed E-state index contributed by atoms with van der Waals surface area (Å²) >= 11 is 0. The highest BCUT2D eigenvalue weighted by Gasteiger charge is 2.47. The Balaban J connectivity index is 1.60. The first-order valence-electron chi connectivity index (χ1n) is 13.3. The van der Waals surface area contributed by atoms with Crippen LogP contribution in [0.2, 0.25) is 0 Å². The van der Waals surface area contributed by atoms with Gasteiger partial charge >= 0.3 is 12.5 Å². The fourth-order valence-corrected chi connectivity index (χ4v) is 5.88. The number of morpholine rings is 1. The second-order valence-electron chi connectivity index (χ2n) is 10.6. The minimum atomic E-state index is -4.87. The molecule has 1 fully saturated rings. The van der Waals surface area contributed by atoms with Crippen LogP contribution >= 0.6 is 0 Å². The molecule has 0 spiro atoms. The van der Waals surface area contributed by atoms with Gasteiger partial charge in [-0.1, -0.05) is 42.5 Å². The Morgan fingerprint density at radius 2 is 1.76 bits per heavy atom. The number of aliphatic hydroxyl groups excluding tert-OH is 1. The van der Waals surface area contributed by atoms with E-state index >= 15 is 0 Å². The maximum Gasteiger partial charge on any atom is 0.573 e. The van der Waals surface area contributed by atoms with E-state index < -0.39 is 30.6 Å². The number of fused-ring (bicyclic) bond motifs is 1. The zero-order valence-electron chi connectivity index (χ0n) is 22.3. The summed E-state index contributed by atoms with van der Waals surface area (Å²) in [4.78, 5) is 3.68. The number of hydrogen-bond donors (Lipinski definition) is 1. The maximum absolute atomic E-state index is 13.4. The van der Waals surface area contributed by atoms with Crippen molar-refractivity contribution in [2.45, 2.75) is 43.5 Å². The van der Waals surface area contributed by atoms with Gasteiger partial charge in [-0.15, -0.1) is 13.2 Å². The van der Waals surface area contributed by atoms with Crippen LogP contribution in [0.5, 0.6) is 5.75 Å². The van der Waals surface area contributed by atoms with Gasteiger partial charge in [0.05, 0.1) is 19.3 Å². The smallest absolute Gasteiger partial charge is 0.406 e. The SMILES string of the molecule is CC1CN(c2cccc(C3(Cc4cccc(OC(F)(F)F)c4)CN(C[C@@H](O)C(F)(F)F)c4ccccc43)c2)CCO1. The largest absolute Gasteiger partial charge is 0.573 e. The van der Waals surface area contributed by atoms with Crippen molar-refractivity contribution in [1.82, 2.24) is 0 Å². The summed E-state index contributed by atoms with van der Waals surface area (Å²) in [5.41, 5.74) is 2.55. The molecular weight excluding hydrogens is 550 g/mol. The molecule has 1 saturated heterocycles. The number of hydrogen-bond acceptors (Lipinski definition) is 5. The van der Waals surface area contributed by atoms with Crippen molar-refractivity contribution in [3.05, 3.63) is 89.5 Å². The van der Waals surface area contributed by atoms with Gasteiger partial charge in [0.1, 0.15) is 5.75 Å². The molecule has 0 saturated carbocycles. The summed E-state index contributed by atoms with van der Waals surface area (Å²) in [6.45, 7) is 3.25. The van der Waals surface area contributed by atoms with Crippen LogP contribution in [0.1, 0.15) is 23.6 Å². The Bertz CT molecular complexity index is 1360. The van der Waals surface area contributed by atoms with E-state index in [-0.39, 0.29) is 24.8 Å². The van der Waals surface area contributed by atoms with Gasteiger partial charge in [-0.05, 0) is 60.4 Å². The Labute approximate surface area is 233 Å². The fraction of sp³-hybridized carbons (Fsp3) is 0.400. The Morgan fingerprint density at radius 1 is 1.00 bits per heavy atom. The summed E-state index contributed by atoms with van der Waals surface area (Å²) in [5.74, 6) is -0.378. The van der Waals surface area contributed by atoms with Crippen molar-refractivity contribution in [2.75, 3.05) is 42.6 Å². The molecule has 2 aliphatic heterocycles. The molecule has 220 valence electrons. The number of halogens is 6. The standard InChI is InChI=1S/C30H30F6N2O3/c1-20-17-37(12-13-40-20)23-8-5-7-22(15-23)28(16-21-6-4-9-24(14-21)41-30(34,35)36)19-38(18-27(39)29(31,32)33)26-11-3-2-10-25(26)28/h2-11,14-15,20,27,39H,12-13,16-19H2,1H3/t20?,27-,28?/m1/s1. The van der Waals surface area contributed by atoms with Crippen molar-refractivity contribution in [3.8, 4) is 5.75 Å². The maximum atomic E-state index is 13.4. The number of rotatable bonds is 7. The molecule has 3 atom stereocenters. The van der Waals surface area contributed by atoms with Gasteiger partial charge in [-0.3, -0.25) is 0 Å². The Kier molecular flexibility index (Phi) is 7.86. The monoisotopic (exact) mass is 580 g/mol. The number of nitrogens with zero attached hydrogens (tertiary/aromatic N) is 2. The average Bonchev–Trinajstić information content (AvgIpc) is 3.21. The first-order valence-corrected chi connectivity index (χ1v) is 13.3. The van der Waals surface area contributed by atoms with Crippen LogP contribution in [-0.2, 0) is 16.6 Å². The second kappa shape index (κ2) is 11.1. The number of ether oxygens (including phenoxy) is 2. The fourth-order valence-electron chi connectivity index (χ4n) is 5.88. The van der Waals surface area contributed by atoms with Crippen LogP contribution in [0, 0.1) is 0 Å². The van der Waals surface area contributed by atoms with E-state index in [0.29, 0.717) is 30.9 Å². The van der Waals surface area contributed by atoms with E-state index in [9.17, 15) is 31.4 Å². The lowest BCUT2D eigenvalue weighted by molar-refractivity contribution is -0.274. The molecule has 0 bridgehead atoms. The summed E-state index contributed by atoms with van der Waals surface area (Å²) in [5, 5.41) is 9.98. The minimum Gasteiger partial charge on any atom is -0.406 e. The lowest BCUT2D eigenvalue weighted by Gasteiger charge is -2.36. The molecule has 1 N–H and O–H groups in total. The first kappa shape index (κ1) is 29.1. The molecule has 2 unspecified atom stereocenters. The van der Waals surface area contributed by atoms with Crippen molar-refractivity contribution in [3.63, 3.8) is 0 Å². The van der Waals surface area contributed by atoms with Crippen LogP contribution in [0.25, 0.3) is 0 Å². The van der Waals surface area contributed by atoms with E-state index in [0.717, 1.165) is 16.8 Å². The lowest BCUT2D eigenvalue weighted by atomic mass is 9.71. The molecule has 0 aromatic heterocycles. The average molecular weight is 581 g/mol. The summed E-state index contributed by atoms with van der Waals surface area (Å²) in [6, 6.07) is 20.4. The Hall–Kier alpha value is -3.44. The normalized spacial score (nSPS) is 22.0. The summed E-state index contributed by atoms with van der Waals surface area (Å²) < 4.78 is 89.0. The molecule has 2 aliphatic rings. The van der Waals surface area contributed by atoms with Crippen LogP contribution < -0.4 is 14.5 Å². The van der Waals surface area contributed by atoms with Gasteiger partial charge in [0.25, 0.3) is 0 Å². The highest BCUT2D eigenvalue weighted by Crippen LogP contribution is 2.48. The van der Waals surface area contributed by atoms with Crippen LogP contribution in [0.15, 0.2) is 72.8 Å². The number of anilines is 2. The number of aliphatic hydroxyl groups is 1. The molecular formula is C30H30F6N2O3. The van der Waals surface area contributed by atoms with Gasteiger partial charge in [0.15, 0.2) is 6.10 Å². The zero-order valence-corrected chi connectivity index (χ0v) is 22.3. The molecule has 3 aromatic carbocycles. The van der Waals surface area contributed by atoms with Gasteiger partial charge in [-0.2, -0.15) is 13.2 Å². The summed E-state index contributed by atoms with van der Waals surface area (Å²) in [6.07, 6.45) is -12.1. The molecule has 3 aromatic rings. The lowest BCUT2D eigenvalue weighted by Crippen LogP contribution is -2.44. The zero-order chi connectivity index (χ0) is 29.4. The molecule has 5 nitrogen and oxygen atoms in total. The van der Waals surface area contributed by atoms with Crippen molar-refractivity contribution >= 4 is 11.4 Å². The van der Waals surface area contributed by atoms with E-state index in [4.69, 9.17) is 4.74 Å². The molecule has 2 heterocycles. The van der Waals surface area contributed by atoms with E-state index in [1.807, 2.05) is 37.3 Å². The molecule has 11 heteroatoms. The first-order chi connectivity index (χ1) is 19.3. The minimum absolute atomic E-state index is 0.0179. The van der Waals surface area contributed by atoms with Crippen molar-refractivity contribution in [2.24, 2.45) is 0 Å². The third-order valence-corrected chi connectivity index (χ3v) is 7.64. The molecule has 0 aliphatic carbocycles. The number of para-hydroxylation sites is 1. The number of alkyl halides is 6.